The lowest BCUT2D eigenvalue weighted by Gasteiger charge is -2.36. The van der Waals surface area contributed by atoms with Crippen molar-refractivity contribution in [3.63, 3.8) is 0 Å². The standard InChI is InChI=1S/C18H20N4OS/c1-3-10-21-11-12-22(16-8-5-9-19-17(16)21)18(23)20-14-6-4-7-15(13-14)24-2/h3-9,13H,1,10-12H2,2H3,(H,20,23). The number of aromatic nitrogens is 1. The van der Waals surface area contributed by atoms with E-state index in [9.17, 15) is 4.79 Å². The van der Waals surface area contributed by atoms with Crippen LogP contribution in [0.25, 0.3) is 0 Å². The van der Waals surface area contributed by atoms with Gasteiger partial charge in [-0.05, 0) is 36.6 Å². The normalized spacial score (nSPS) is 13.4. The summed E-state index contributed by atoms with van der Waals surface area (Å²) in [5.41, 5.74) is 1.62. The van der Waals surface area contributed by atoms with Crippen LogP contribution >= 0.6 is 11.8 Å². The summed E-state index contributed by atoms with van der Waals surface area (Å²) in [6.07, 6.45) is 5.61. The molecule has 1 aliphatic rings. The molecule has 1 aliphatic heterocycles. The summed E-state index contributed by atoms with van der Waals surface area (Å²) in [5, 5.41) is 2.98. The van der Waals surface area contributed by atoms with Gasteiger partial charge in [-0.15, -0.1) is 18.3 Å². The monoisotopic (exact) mass is 340 g/mol. The quantitative estimate of drug-likeness (QED) is 0.678. The molecule has 6 heteroatoms. The average Bonchev–Trinajstić information content (AvgIpc) is 2.62. The van der Waals surface area contributed by atoms with Crippen LogP contribution in [0.5, 0.6) is 0 Å². The van der Waals surface area contributed by atoms with E-state index in [4.69, 9.17) is 0 Å². The van der Waals surface area contributed by atoms with Crippen molar-refractivity contribution in [3.05, 3.63) is 55.3 Å². The van der Waals surface area contributed by atoms with E-state index in [0.29, 0.717) is 6.54 Å². The third-order valence-electron chi connectivity index (χ3n) is 3.87. The SMILES string of the molecule is C=CCN1CCN(C(=O)Nc2cccc(SC)c2)c2cccnc21. The summed E-state index contributed by atoms with van der Waals surface area (Å²) in [4.78, 5) is 22.2. The smallest absolute Gasteiger partial charge is 0.326 e. The number of nitrogens with one attached hydrogen (secondary N) is 1. The highest BCUT2D eigenvalue weighted by molar-refractivity contribution is 7.98. The minimum atomic E-state index is -0.138. The summed E-state index contributed by atoms with van der Waals surface area (Å²) < 4.78 is 0. The highest BCUT2D eigenvalue weighted by atomic mass is 32.2. The molecule has 1 aromatic heterocycles. The molecular formula is C18H20N4OS. The molecule has 0 radical (unpaired) electrons. The van der Waals surface area contributed by atoms with Crippen molar-refractivity contribution >= 4 is 35.0 Å². The van der Waals surface area contributed by atoms with Gasteiger partial charge in [0, 0.05) is 36.4 Å². The topological polar surface area (TPSA) is 48.5 Å². The largest absolute Gasteiger partial charge is 0.349 e. The predicted octanol–water partition coefficient (Wildman–Crippen LogP) is 3.85. The van der Waals surface area contributed by atoms with Gasteiger partial charge in [0.2, 0.25) is 0 Å². The second-order valence-electron chi connectivity index (χ2n) is 5.39. The molecule has 2 amide bonds. The molecule has 0 unspecified atom stereocenters. The zero-order chi connectivity index (χ0) is 16.9. The number of rotatable bonds is 4. The van der Waals surface area contributed by atoms with Crippen molar-refractivity contribution in [1.82, 2.24) is 4.98 Å². The Morgan fingerprint density at radius 3 is 3.04 bits per heavy atom. The van der Waals surface area contributed by atoms with Crippen molar-refractivity contribution in [1.29, 1.82) is 0 Å². The highest BCUT2D eigenvalue weighted by Crippen LogP contribution is 2.31. The Balaban J connectivity index is 1.82. The minimum Gasteiger partial charge on any atom is -0.349 e. The number of hydrogen-bond acceptors (Lipinski definition) is 4. The Labute approximate surface area is 146 Å². The third-order valence-corrected chi connectivity index (χ3v) is 4.59. The van der Waals surface area contributed by atoms with E-state index in [1.165, 1.54) is 0 Å². The molecule has 124 valence electrons. The van der Waals surface area contributed by atoms with E-state index in [1.807, 2.05) is 48.7 Å². The second-order valence-corrected chi connectivity index (χ2v) is 6.27. The number of pyridine rings is 1. The molecule has 5 nitrogen and oxygen atoms in total. The molecule has 2 heterocycles. The first-order valence-electron chi connectivity index (χ1n) is 7.76. The van der Waals surface area contributed by atoms with Gasteiger partial charge in [0.05, 0.1) is 5.69 Å². The first-order chi connectivity index (χ1) is 11.7. The van der Waals surface area contributed by atoms with Gasteiger partial charge in [0.1, 0.15) is 0 Å². The van der Waals surface area contributed by atoms with Crippen LogP contribution in [0, 0.1) is 0 Å². The Kier molecular flexibility index (Phi) is 5.05. The molecule has 0 bridgehead atoms. The van der Waals surface area contributed by atoms with Crippen molar-refractivity contribution in [3.8, 4) is 0 Å². The van der Waals surface area contributed by atoms with Crippen LogP contribution in [0.1, 0.15) is 0 Å². The molecule has 1 aromatic carbocycles. The summed E-state index contributed by atoms with van der Waals surface area (Å²) in [5.74, 6) is 0.816. The summed E-state index contributed by atoms with van der Waals surface area (Å²) in [7, 11) is 0. The van der Waals surface area contributed by atoms with Crippen LogP contribution in [-0.4, -0.2) is 36.9 Å². The van der Waals surface area contributed by atoms with Crippen molar-refractivity contribution in [2.45, 2.75) is 4.90 Å². The Morgan fingerprint density at radius 2 is 2.25 bits per heavy atom. The zero-order valence-corrected chi connectivity index (χ0v) is 14.4. The molecule has 0 atom stereocenters. The lowest BCUT2D eigenvalue weighted by molar-refractivity contribution is 0.256. The number of benzene rings is 1. The maximum Gasteiger partial charge on any atom is 0.326 e. The molecule has 1 N–H and O–H groups in total. The van der Waals surface area contributed by atoms with Crippen LogP contribution in [0.15, 0.2) is 60.1 Å². The van der Waals surface area contributed by atoms with Crippen LogP contribution in [0.4, 0.5) is 22.0 Å². The molecular weight excluding hydrogens is 320 g/mol. The van der Waals surface area contributed by atoms with Gasteiger partial charge in [-0.1, -0.05) is 12.1 Å². The average molecular weight is 340 g/mol. The second kappa shape index (κ2) is 7.40. The minimum absolute atomic E-state index is 0.138. The van der Waals surface area contributed by atoms with Gasteiger partial charge in [-0.2, -0.15) is 0 Å². The van der Waals surface area contributed by atoms with Crippen LogP contribution in [-0.2, 0) is 0 Å². The number of fused-ring (bicyclic) bond motifs is 1. The fourth-order valence-electron chi connectivity index (χ4n) is 2.73. The Morgan fingerprint density at radius 1 is 1.38 bits per heavy atom. The number of hydrogen-bond donors (Lipinski definition) is 1. The number of carbonyl (C=O) groups is 1. The number of amides is 2. The van der Waals surface area contributed by atoms with E-state index in [0.717, 1.165) is 35.2 Å². The van der Waals surface area contributed by atoms with E-state index in [2.05, 4.69) is 21.8 Å². The number of carbonyl (C=O) groups excluding carboxylic acids is 1. The lowest BCUT2D eigenvalue weighted by Crippen LogP contribution is -2.46. The summed E-state index contributed by atoms with van der Waals surface area (Å²) in [6.45, 7) is 5.85. The van der Waals surface area contributed by atoms with Gasteiger partial charge in [-0.3, -0.25) is 4.90 Å². The molecule has 0 spiro atoms. The maximum absolute atomic E-state index is 12.7. The number of anilines is 3. The summed E-state index contributed by atoms with van der Waals surface area (Å²) in [6, 6.07) is 11.5. The molecule has 3 rings (SSSR count). The third kappa shape index (κ3) is 3.38. The van der Waals surface area contributed by atoms with Gasteiger partial charge in [-0.25, -0.2) is 9.78 Å². The molecule has 0 aliphatic carbocycles. The van der Waals surface area contributed by atoms with E-state index in [1.54, 1.807) is 22.9 Å². The molecule has 0 saturated heterocycles. The molecule has 24 heavy (non-hydrogen) atoms. The highest BCUT2D eigenvalue weighted by Gasteiger charge is 2.27. The van der Waals surface area contributed by atoms with Crippen LogP contribution < -0.4 is 15.1 Å². The number of urea groups is 1. The molecule has 0 fully saturated rings. The fraction of sp³-hybridized carbons (Fsp3) is 0.222. The van der Waals surface area contributed by atoms with Crippen molar-refractivity contribution in [2.75, 3.05) is 41.0 Å². The fourth-order valence-corrected chi connectivity index (χ4v) is 3.19. The lowest BCUT2D eigenvalue weighted by atomic mass is 10.2. The van der Waals surface area contributed by atoms with Gasteiger partial charge < -0.3 is 10.2 Å². The maximum atomic E-state index is 12.7. The van der Waals surface area contributed by atoms with Gasteiger partial charge >= 0.3 is 6.03 Å². The van der Waals surface area contributed by atoms with Gasteiger partial charge in [0.15, 0.2) is 5.82 Å². The number of nitrogens with zero attached hydrogens (tertiary/aromatic N) is 3. The van der Waals surface area contributed by atoms with E-state index >= 15 is 0 Å². The van der Waals surface area contributed by atoms with Crippen molar-refractivity contribution in [2.24, 2.45) is 0 Å². The first kappa shape index (κ1) is 16.4. The molecule has 2 aromatic rings. The van der Waals surface area contributed by atoms with Crippen molar-refractivity contribution < 1.29 is 4.79 Å². The molecule has 0 saturated carbocycles. The van der Waals surface area contributed by atoms with Crippen LogP contribution in [0.3, 0.4) is 0 Å². The zero-order valence-electron chi connectivity index (χ0n) is 13.6. The van der Waals surface area contributed by atoms with Crippen LogP contribution in [0.2, 0.25) is 0 Å². The van der Waals surface area contributed by atoms with E-state index in [-0.39, 0.29) is 6.03 Å². The Hall–Kier alpha value is -2.47. The Bertz CT molecular complexity index is 749. The van der Waals surface area contributed by atoms with E-state index < -0.39 is 0 Å². The summed E-state index contributed by atoms with van der Waals surface area (Å²) >= 11 is 1.65. The predicted molar refractivity (Wildman–Crippen MR) is 101 cm³/mol. The number of thioether (sulfide) groups is 1. The first-order valence-corrected chi connectivity index (χ1v) is 8.99. The van der Waals surface area contributed by atoms with Gasteiger partial charge in [0.25, 0.3) is 0 Å².